The van der Waals surface area contributed by atoms with Crippen molar-refractivity contribution >= 4 is 5.91 Å². The van der Waals surface area contributed by atoms with E-state index >= 15 is 0 Å². The summed E-state index contributed by atoms with van der Waals surface area (Å²) >= 11 is 0. The molecule has 1 aliphatic rings. The zero-order valence-electron chi connectivity index (χ0n) is 11.8. The first kappa shape index (κ1) is 15.0. The highest BCUT2D eigenvalue weighted by Gasteiger charge is 2.27. The summed E-state index contributed by atoms with van der Waals surface area (Å²) in [5.74, 6) is -0.270. The highest BCUT2D eigenvalue weighted by Crippen LogP contribution is 2.19. The maximum Gasteiger partial charge on any atom is 0.225 e. The van der Waals surface area contributed by atoms with Crippen LogP contribution in [0.25, 0.3) is 0 Å². The second kappa shape index (κ2) is 7.41. The van der Waals surface area contributed by atoms with Gasteiger partial charge in [-0.1, -0.05) is 43.2 Å². The van der Waals surface area contributed by atoms with E-state index in [1.54, 1.807) is 0 Å². The third-order valence-electron chi connectivity index (χ3n) is 4.04. The van der Waals surface area contributed by atoms with Gasteiger partial charge in [-0.3, -0.25) is 4.79 Å². The molecular formula is C16H24N2O2. The Morgan fingerprint density at radius 1 is 1.30 bits per heavy atom. The lowest BCUT2D eigenvalue weighted by Gasteiger charge is -2.29. The Kier molecular flexibility index (Phi) is 5.56. The van der Waals surface area contributed by atoms with Crippen LogP contribution in [0.1, 0.15) is 31.2 Å². The molecule has 4 nitrogen and oxygen atoms in total. The van der Waals surface area contributed by atoms with Gasteiger partial charge in [0.1, 0.15) is 0 Å². The van der Waals surface area contributed by atoms with Crippen molar-refractivity contribution in [2.75, 3.05) is 6.54 Å². The van der Waals surface area contributed by atoms with Crippen molar-refractivity contribution in [3.05, 3.63) is 35.9 Å². The Hall–Kier alpha value is -1.39. The molecule has 1 aromatic carbocycles. The molecule has 4 heteroatoms. The minimum atomic E-state index is -0.414. The molecule has 0 spiro atoms. The van der Waals surface area contributed by atoms with Gasteiger partial charge in [0.05, 0.1) is 18.1 Å². The molecule has 3 atom stereocenters. The Morgan fingerprint density at radius 2 is 2.00 bits per heavy atom. The van der Waals surface area contributed by atoms with Crippen LogP contribution in [0.2, 0.25) is 0 Å². The Balaban J connectivity index is 1.91. The summed E-state index contributed by atoms with van der Waals surface area (Å²) < 4.78 is 0. The molecule has 1 amide bonds. The first-order valence-electron chi connectivity index (χ1n) is 7.43. The van der Waals surface area contributed by atoms with Crippen LogP contribution in [-0.2, 0) is 11.2 Å². The molecule has 2 rings (SSSR count). The number of aliphatic hydroxyl groups is 1. The molecule has 4 N–H and O–H groups in total. The number of nitrogens with two attached hydrogens (primary N) is 1. The summed E-state index contributed by atoms with van der Waals surface area (Å²) in [6.45, 7) is 0.323. The van der Waals surface area contributed by atoms with Crippen molar-refractivity contribution in [2.24, 2.45) is 11.7 Å². The maximum absolute atomic E-state index is 12.3. The molecule has 20 heavy (non-hydrogen) atoms. The summed E-state index contributed by atoms with van der Waals surface area (Å²) in [7, 11) is 0. The van der Waals surface area contributed by atoms with E-state index in [1.807, 2.05) is 30.3 Å². The standard InChI is InChI=1S/C16H24N2O2/c17-11-13(10-12-6-2-1-3-7-12)16(20)18-14-8-4-5-9-15(14)19/h1-3,6-7,13-15,19H,4-5,8-11,17H2,(H,18,20). The molecule has 1 fully saturated rings. The zero-order valence-corrected chi connectivity index (χ0v) is 11.8. The summed E-state index contributed by atoms with van der Waals surface area (Å²) in [4.78, 5) is 12.3. The fourth-order valence-electron chi connectivity index (χ4n) is 2.76. The maximum atomic E-state index is 12.3. The van der Waals surface area contributed by atoms with Crippen LogP contribution in [0, 0.1) is 5.92 Å². The first-order chi connectivity index (χ1) is 9.70. The van der Waals surface area contributed by atoms with Gasteiger partial charge in [0.25, 0.3) is 0 Å². The van der Waals surface area contributed by atoms with E-state index in [0.717, 1.165) is 31.2 Å². The van der Waals surface area contributed by atoms with Gasteiger partial charge < -0.3 is 16.2 Å². The van der Waals surface area contributed by atoms with E-state index in [9.17, 15) is 9.90 Å². The first-order valence-corrected chi connectivity index (χ1v) is 7.43. The van der Waals surface area contributed by atoms with Crippen molar-refractivity contribution in [3.63, 3.8) is 0 Å². The lowest BCUT2D eigenvalue weighted by atomic mass is 9.91. The Morgan fingerprint density at radius 3 is 2.65 bits per heavy atom. The summed E-state index contributed by atoms with van der Waals surface area (Å²) in [5, 5.41) is 12.9. The predicted octanol–water partition coefficient (Wildman–Crippen LogP) is 1.22. The van der Waals surface area contributed by atoms with Gasteiger partial charge in [-0.2, -0.15) is 0 Å². The zero-order chi connectivity index (χ0) is 14.4. The largest absolute Gasteiger partial charge is 0.391 e. The van der Waals surface area contributed by atoms with Crippen LogP contribution in [0.3, 0.4) is 0 Å². The van der Waals surface area contributed by atoms with E-state index in [1.165, 1.54) is 0 Å². The minimum Gasteiger partial charge on any atom is -0.391 e. The summed E-state index contributed by atoms with van der Waals surface area (Å²) in [5.41, 5.74) is 6.85. The number of hydrogen-bond donors (Lipinski definition) is 3. The molecule has 1 aliphatic carbocycles. The third-order valence-corrected chi connectivity index (χ3v) is 4.04. The molecule has 110 valence electrons. The molecule has 3 unspecified atom stereocenters. The van der Waals surface area contributed by atoms with E-state index in [2.05, 4.69) is 5.32 Å². The van der Waals surface area contributed by atoms with Crippen LogP contribution in [0.4, 0.5) is 0 Å². The highest BCUT2D eigenvalue weighted by molar-refractivity contribution is 5.79. The van der Waals surface area contributed by atoms with E-state index < -0.39 is 6.10 Å². The van der Waals surface area contributed by atoms with Crippen LogP contribution in [0.5, 0.6) is 0 Å². The lowest BCUT2D eigenvalue weighted by Crippen LogP contribution is -2.48. The minimum absolute atomic E-state index is 0.0395. The average Bonchev–Trinajstić information content (AvgIpc) is 2.48. The second-order valence-corrected chi connectivity index (χ2v) is 5.59. The number of carbonyl (C=O) groups is 1. The molecule has 1 aromatic rings. The van der Waals surface area contributed by atoms with Crippen LogP contribution >= 0.6 is 0 Å². The van der Waals surface area contributed by atoms with E-state index in [0.29, 0.717) is 13.0 Å². The average molecular weight is 276 g/mol. The normalized spacial score (nSPS) is 24.1. The number of benzene rings is 1. The van der Waals surface area contributed by atoms with Crippen LogP contribution < -0.4 is 11.1 Å². The van der Waals surface area contributed by atoms with Crippen molar-refractivity contribution in [1.29, 1.82) is 0 Å². The number of hydrogen-bond acceptors (Lipinski definition) is 3. The number of nitrogens with one attached hydrogen (secondary N) is 1. The fourth-order valence-corrected chi connectivity index (χ4v) is 2.76. The van der Waals surface area contributed by atoms with Crippen LogP contribution in [-0.4, -0.2) is 29.7 Å². The van der Waals surface area contributed by atoms with Gasteiger partial charge in [-0.25, -0.2) is 0 Å². The predicted molar refractivity (Wildman–Crippen MR) is 79.1 cm³/mol. The Bertz CT molecular complexity index is 422. The number of rotatable bonds is 5. The van der Waals surface area contributed by atoms with E-state index in [-0.39, 0.29) is 17.9 Å². The third kappa shape index (κ3) is 4.05. The SMILES string of the molecule is NCC(Cc1ccccc1)C(=O)NC1CCCCC1O. The highest BCUT2D eigenvalue weighted by atomic mass is 16.3. The van der Waals surface area contributed by atoms with Gasteiger partial charge in [-0.15, -0.1) is 0 Å². The van der Waals surface area contributed by atoms with Gasteiger partial charge in [-0.05, 0) is 24.8 Å². The number of carbonyl (C=O) groups excluding carboxylic acids is 1. The van der Waals surface area contributed by atoms with Gasteiger partial charge >= 0.3 is 0 Å². The molecule has 0 saturated heterocycles. The molecule has 0 bridgehead atoms. The smallest absolute Gasteiger partial charge is 0.225 e. The molecular weight excluding hydrogens is 252 g/mol. The van der Waals surface area contributed by atoms with Gasteiger partial charge in [0.2, 0.25) is 5.91 Å². The lowest BCUT2D eigenvalue weighted by molar-refractivity contribution is -0.126. The van der Waals surface area contributed by atoms with Crippen molar-refractivity contribution < 1.29 is 9.90 Å². The molecule has 0 aliphatic heterocycles. The van der Waals surface area contributed by atoms with E-state index in [4.69, 9.17) is 5.73 Å². The summed E-state index contributed by atoms with van der Waals surface area (Å²) in [6, 6.07) is 9.79. The molecule has 0 aromatic heterocycles. The second-order valence-electron chi connectivity index (χ2n) is 5.59. The molecule has 0 heterocycles. The summed E-state index contributed by atoms with van der Waals surface area (Å²) in [6.07, 6.45) is 3.97. The van der Waals surface area contributed by atoms with Crippen molar-refractivity contribution in [3.8, 4) is 0 Å². The van der Waals surface area contributed by atoms with Crippen LogP contribution in [0.15, 0.2) is 30.3 Å². The van der Waals surface area contributed by atoms with Crippen molar-refractivity contribution in [1.82, 2.24) is 5.32 Å². The number of amides is 1. The topological polar surface area (TPSA) is 75.4 Å². The molecule has 0 radical (unpaired) electrons. The molecule has 1 saturated carbocycles. The van der Waals surface area contributed by atoms with Gasteiger partial charge in [0, 0.05) is 6.54 Å². The quantitative estimate of drug-likeness (QED) is 0.757. The monoisotopic (exact) mass is 276 g/mol. The van der Waals surface area contributed by atoms with Crippen molar-refractivity contribution in [2.45, 2.75) is 44.2 Å². The number of aliphatic hydroxyl groups excluding tert-OH is 1. The van der Waals surface area contributed by atoms with Gasteiger partial charge in [0.15, 0.2) is 0 Å². The fraction of sp³-hybridized carbons (Fsp3) is 0.562. The Labute approximate surface area is 120 Å².